The maximum absolute atomic E-state index is 11.7. The summed E-state index contributed by atoms with van der Waals surface area (Å²) in [5, 5.41) is 1.05. The fraction of sp³-hybridized carbons (Fsp3) is 0.182. The van der Waals surface area contributed by atoms with Crippen LogP contribution >= 0.6 is 0 Å². The largest absolute Gasteiger partial charge is 0.313 e. The van der Waals surface area contributed by atoms with Crippen molar-refractivity contribution in [2.45, 2.75) is 13.6 Å². The standard InChI is InChI=1S/C11H12N2O/c1-8-6-9-4-2-3-5-10(9)13(7-12)11(8)14/h2-6H,7,12H2,1H3. The Hall–Kier alpha value is -1.61. The summed E-state index contributed by atoms with van der Waals surface area (Å²) in [7, 11) is 0. The number of hydrogen-bond acceptors (Lipinski definition) is 2. The molecule has 0 spiro atoms. The third kappa shape index (κ3) is 1.22. The lowest BCUT2D eigenvalue weighted by Gasteiger charge is -2.08. The van der Waals surface area contributed by atoms with E-state index in [1.165, 1.54) is 0 Å². The number of hydrogen-bond donors (Lipinski definition) is 1. The maximum atomic E-state index is 11.7. The van der Waals surface area contributed by atoms with E-state index < -0.39 is 0 Å². The minimum Gasteiger partial charge on any atom is -0.313 e. The molecule has 0 unspecified atom stereocenters. The highest BCUT2D eigenvalue weighted by atomic mass is 16.1. The van der Waals surface area contributed by atoms with Gasteiger partial charge >= 0.3 is 0 Å². The van der Waals surface area contributed by atoms with E-state index >= 15 is 0 Å². The molecule has 3 nitrogen and oxygen atoms in total. The minimum absolute atomic E-state index is 0.00815. The first-order valence-electron chi connectivity index (χ1n) is 4.53. The summed E-state index contributed by atoms with van der Waals surface area (Å²) < 4.78 is 1.59. The molecule has 0 aliphatic carbocycles. The van der Waals surface area contributed by atoms with Crippen molar-refractivity contribution < 1.29 is 0 Å². The van der Waals surface area contributed by atoms with E-state index in [2.05, 4.69) is 0 Å². The summed E-state index contributed by atoms with van der Waals surface area (Å²) >= 11 is 0. The fourth-order valence-corrected chi connectivity index (χ4v) is 1.65. The van der Waals surface area contributed by atoms with Crippen molar-refractivity contribution in [2.24, 2.45) is 5.73 Å². The number of rotatable bonds is 1. The molecule has 1 heterocycles. The van der Waals surface area contributed by atoms with Crippen LogP contribution in [0.2, 0.25) is 0 Å². The molecular weight excluding hydrogens is 176 g/mol. The Morgan fingerprint density at radius 3 is 2.79 bits per heavy atom. The van der Waals surface area contributed by atoms with Crippen LogP contribution in [-0.2, 0) is 6.67 Å². The van der Waals surface area contributed by atoms with Crippen LogP contribution in [0.15, 0.2) is 35.1 Å². The van der Waals surface area contributed by atoms with Crippen LogP contribution in [-0.4, -0.2) is 4.57 Å². The average molecular weight is 188 g/mol. The van der Waals surface area contributed by atoms with Gasteiger partial charge in [-0.05, 0) is 24.4 Å². The lowest BCUT2D eigenvalue weighted by Crippen LogP contribution is -2.25. The van der Waals surface area contributed by atoms with Gasteiger partial charge in [-0.1, -0.05) is 18.2 Å². The maximum Gasteiger partial charge on any atom is 0.255 e. The molecule has 0 bridgehead atoms. The van der Waals surface area contributed by atoms with Gasteiger partial charge in [0.2, 0.25) is 0 Å². The minimum atomic E-state index is -0.00815. The smallest absolute Gasteiger partial charge is 0.255 e. The Kier molecular flexibility index (Phi) is 2.09. The highest BCUT2D eigenvalue weighted by Crippen LogP contribution is 2.11. The van der Waals surface area contributed by atoms with Gasteiger partial charge in [-0.15, -0.1) is 0 Å². The monoisotopic (exact) mass is 188 g/mol. The number of nitrogens with two attached hydrogens (primary N) is 1. The fourth-order valence-electron chi connectivity index (χ4n) is 1.65. The Morgan fingerprint density at radius 1 is 1.36 bits per heavy atom. The molecule has 2 rings (SSSR count). The predicted molar refractivity (Wildman–Crippen MR) is 57.1 cm³/mol. The number of fused-ring (bicyclic) bond motifs is 1. The molecule has 0 aliphatic heterocycles. The zero-order chi connectivity index (χ0) is 10.1. The van der Waals surface area contributed by atoms with Crippen molar-refractivity contribution in [3.8, 4) is 0 Å². The van der Waals surface area contributed by atoms with Crippen LogP contribution in [0.1, 0.15) is 5.56 Å². The number of nitrogens with zero attached hydrogens (tertiary/aromatic N) is 1. The summed E-state index contributed by atoms with van der Waals surface area (Å²) in [6, 6.07) is 9.64. The van der Waals surface area contributed by atoms with Gasteiger partial charge in [0, 0.05) is 5.56 Å². The summed E-state index contributed by atoms with van der Waals surface area (Å²) in [5.41, 5.74) is 7.17. The number of aryl methyl sites for hydroxylation is 1. The highest BCUT2D eigenvalue weighted by molar-refractivity contribution is 5.79. The van der Waals surface area contributed by atoms with Crippen molar-refractivity contribution in [1.29, 1.82) is 0 Å². The number of pyridine rings is 1. The average Bonchev–Trinajstić information content (AvgIpc) is 2.20. The molecule has 0 atom stereocenters. The van der Waals surface area contributed by atoms with Crippen LogP contribution in [0, 0.1) is 6.92 Å². The van der Waals surface area contributed by atoms with E-state index in [1.807, 2.05) is 30.3 Å². The van der Waals surface area contributed by atoms with Crippen molar-refractivity contribution in [2.75, 3.05) is 0 Å². The van der Waals surface area contributed by atoms with Crippen LogP contribution in [0.25, 0.3) is 10.9 Å². The van der Waals surface area contributed by atoms with E-state index in [1.54, 1.807) is 11.5 Å². The van der Waals surface area contributed by atoms with Crippen LogP contribution < -0.4 is 11.3 Å². The second kappa shape index (κ2) is 3.27. The number of para-hydroxylation sites is 1. The molecule has 0 fully saturated rings. The van der Waals surface area contributed by atoms with E-state index in [0.29, 0.717) is 0 Å². The predicted octanol–water partition coefficient (Wildman–Crippen LogP) is 1.23. The van der Waals surface area contributed by atoms with Gasteiger partial charge in [0.1, 0.15) is 0 Å². The third-order valence-corrected chi connectivity index (χ3v) is 2.36. The van der Waals surface area contributed by atoms with Gasteiger partial charge in [-0.25, -0.2) is 0 Å². The Bertz CT molecular complexity index is 528. The molecule has 2 N–H and O–H groups in total. The lowest BCUT2D eigenvalue weighted by atomic mass is 10.1. The van der Waals surface area contributed by atoms with E-state index in [4.69, 9.17) is 5.73 Å². The molecule has 0 radical (unpaired) electrons. The van der Waals surface area contributed by atoms with Crippen LogP contribution in [0.3, 0.4) is 0 Å². The summed E-state index contributed by atoms with van der Waals surface area (Å²) in [6.45, 7) is 2.03. The van der Waals surface area contributed by atoms with Crippen molar-refractivity contribution in [1.82, 2.24) is 4.57 Å². The third-order valence-electron chi connectivity index (χ3n) is 2.36. The summed E-state index contributed by atoms with van der Waals surface area (Å²) in [6.07, 6.45) is 0. The Morgan fingerprint density at radius 2 is 2.07 bits per heavy atom. The quantitative estimate of drug-likeness (QED) is 0.731. The number of benzene rings is 1. The Labute approximate surface area is 81.8 Å². The van der Waals surface area contributed by atoms with Gasteiger partial charge in [0.05, 0.1) is 12.2 Å². The zero-order valence-corrected chi connectivity index (χ0v) is 8.03. The van der Waals surface area contributed by atoms with Gasteiger partial charge < -0.3 is 5.73 Å². The SMILES string of the molecule is Cc1cc2ccccc2n(CN)c1=O. The molecule has 72 valence electrons. The van der Waals surface area contributed by atoms with Crippen molar-refractivity contribution >= 4 is 10.9 Å². The van der Waals surface area contributed by atoms with E-state index in [0.717, 1.165) is 16.5 Å². The van der Waals surface area contributed by atoms with Gasteiger partial charge in [0.25, 0.3) is 5.56 Å². The second-order valence-corrected chi connectivity index (χ2v) is 3.30. The van der Waals surface area contributed by atoms with Gasteiger partial charge in [0.15, 0.2) is 0 Å². The van der Waals surface area contributed by atoms with Crippen LogP contribution in [0.4, 0.5) is 0 Å². The molecule has 14 heavy (non-hydrogen) atoms. The lowest BCUT2D eigenvalue weighted by molar-refractivity contribution is 0.725. The first kappa shape index (κ1) is 8.97. The first-order valence-corrected chi connectivity index (χ1v) is 4.53. The molecule has 0 aliphatic rings. The first-order chi connectivity index (χ1) is 6.74. The molecular formula is C11H12N2O. The molecule has 0 saturated carbocycles. The summed E-state index contributed by atoms with van der Waals surface area (Å²) in [5.74, 6) is 0. The summed E-state index contributed by atoms with van der Waals surface area (Å²) in [4.78, 5) is 11.7. The van der Waals surface area contributed by atoms with Crippen molar-refractivity contribution in [3.05, 3.63) is 46.2 Å². The molecule has 0 saturated heterocycles. The van der Waals surface area contributed by atoms with E-state index in [9.17, 15) is 4.79 Å². The molecule has 1 aromatic heterocycles. The Balaban J connectivity index is 2.96. The van der Waals surface area contributed by atoms with Crippen LogP contribution in [0.5, 0.6) is 0 Å². The topological polar surface area (TPSA) is 48.0 Å². The normalized spacial score (nSPS) is 10.7. The second-order valence-electron chi connectivity index (χ2n) is 3.30. The zero-order valence-electron chi connectivity index (χ0n) is 8.03. The van der Waals surface area contributed by atoms with E-state index in [-0.39, 0.29) is 12.2 Å². The molecule has 1 aromatic carbocycles. The molecule has 2 aromatic rings. The van der Waals surface area contributed by atoms with Crippen molar-refractivity contribution in [3.63, 3.8) is 0 Å². The molecule has 3 heteroatoms. The van der Waals surface area contributed by atoms with Gasteiger partial charge in [-0.3, -0.25) is 9.36 Å². The highest BCUT2D eigenvalue weighted by Gasteiger charge is 2.03. The molecule has 0 amide bonds. The number of aromatic nitrogens is 1. The van der Waals surface area contributed by atoms with Gasteiger partial charge in [-0.2, -0.15) is 0 Å².